The van der Waals surface area contributed by atoms with Crippen LogP contribution in [0.4, 0.5) is 0 Å². The zero-order valence-electron chi connectivity index (χ0n) is 14.6. The monoisotopic (exact) mass is 360 g/mol. The Bertz CT molecular complexity index is 1030. The summed E-state index contributed by atoms with van der Waals surface area (Å²) in [5, 5.41) is 11.0. The topological polar surface area (TPSA) is 46.5 Å². The SMILES string of the molecule is CCn1c(SC/C=C/c2ccccc2)nnc1-c1c[nH]c2ccccc12. The number of benzene rings is 2. The quantitative estimate of drug-likeness (QED) is 0.478. The molecule has 0 atom stereocenters. The Morgan fingerprint density at radius 1 is 1.04 bits per heavy atom. The highest BCUT2D eigenvalue weighted by Crippen LogP contribution is 2.29. The van der Waals surface area contributed by atoms with Crippen molar-refractivity contribution < 1.29 is 0 Å². The third-order valence-electron chi connectivity index (χ3n) is 4.28. The summed E-state index contributed by atoms with van der Waals surface area (Å²) < 4.78 is 2.18. The highest BCUT2D eigenvalue weighted by molar-refractivity contribution is 7.99. The van der Waals surface area contributed by atoms with Crippen molar-refractivity contribution in [1.82, 2.24) is 19.7 Å². The van der Waals surface area contributed by atoms with Gasteiger partial charge in [-0.05, 0) is 18.6 Å². The lowest BCUT2D eigenvalue weighted by molar-refractivity contribution is 0.688. The van der Waals surface area contributed by atoms with Crippen LogP contribution in [0.2, 0.25) is 0 Å². The third kappa shape index (κ3) is 3.30. The van der Waals surface area contributed by atoms with Gasteiger partial charge in [0.15, 0.2) is 11.0 Å². The molecule has 0 aliphatic heterocycles. The van der Waals surface area contributed by atoms with Crippen molar-refractivity contribution in [2.75, 3.05) is 5.75 Å². The molecule has 0 bridgehead atoms. The molecule has 2 aromatic heterocycles. The number of thioether (sulfide) groups is 1. The van der Waals surface area contributed by atoms with Crippen LogP contribution in [0.15, 0.2) is 72.0 Å². The van der Waals surface area contributed by atoms with Gasteiger partial charge in [0.2, 0.25) is 0 Å². The molecule has 2 aromatic carbocycles. The van der Waals surface area contributed by atoms with E-state index >= 15 is 0 Å². The number of para-hydroxylation sites is 1. The number of nitrogens with zero attached hydrogens (tertiary/aromatic N) is 3. The van der Waals surface area contributed by atoms with Gasteiger partial charge in [0.25, 0.3) is 0 Å². The van der Waals surface area contributed by atoms with Gasteiger partial charge >= 0.3 is 0 Å². The lowest BCUT2D eigenvalue weighted by atomic mass is 10.1. The standard InChI is InChI=1S/C21H20N4S/c1-2-25-20(18-15-22-19-13-7-6-12-17(18)19)23-24-21(25)26-14-8-11-16-9-4-3-5-10-16/h3-13,15,22H,2,14H2,1H3/b11-8+. The van der Waals surface area contributed by atoms with Crippen molar-refractivity contribution in [3.63, 3.8) is 0 Å². The fraction of sp³-hybridized carbons (Fsp3) is 0.143. The molecule has 2 heterocycles. The van der Waals surface area contributed by atoms with Crippen molar-refractivity contribution in [1.29, 1.82) is 0 Å². The molecular formula is C21H20N4S. The predicted molar refractivity (Wildman–Crippen MR) is 109 cm³/mol. The maximum atomic E-state index is 4.46. The van der Waals surface area contributed by atoms with E-state index in [1.165, 1.54) is 10.9 Å². The molecule has 5 heteroatoms. The lowest BCUT2D eigenvalue weighted by Gasteiger charge is -2.05. The van der Waals surface area contributed by atoms with E-state index in [-0.39, 0.29) is 0 Å². The molecule has 0 fully saturated rings. The summed E-state index contributed by atoms with van der Waals surface area (Å²) in [5.74, 6) is 1.78. The van der Waals surface area contributed by atoms with E-state index in [0.29, 0.717) is 0 Å². The van der Waals surface area contributed by atoms with E-state index in [9.17, 15) is 0 Å². The van der Waals surface area contributed by atoms with Gasteiger partial charge in [0.05, 0.1) is 0 Å². The summed E-state index contributed by atoms with van der Waals surface area (Å²) in [6, 6.07) is 18.6. The van der Waals surface area contributed by atoms with Crippen LogP contribution in [0, 0.1) is 0 Å². The molecule has 4 rings (SSSR count). The van der Waals surface area contributed by atoms with Crippen LogP contribution in [0.5, 0.6) is 0 Å². The summed E-state index contributed by atoms with van der Waals surface area (Å²) in [4.78, 5) is 3.32. The van der Waals surface area contributed by atoms with E-state index in [1.807, 2.05) is 30.5 Å². The first-order valence-corrected chi connectivity index (χ1v) is 9.69. The average Bonchev–Trinajstić information content (AvgIpc) is 3.29. The molecule has 0 aliphatic rings. The maximum Gasteiger partial charge on any atom is 0.191 e. The second-order valence-corrected chi connectivity index (χ2v) is 6.91. The van der Waals surface area contributed by atoms with Crippen LogP contribution in [0.25, 0.3) is 28.4 Å². The van der Waals surface area contributed by atoms with Gasteiger partial charge in [0, 0.05) is 35.0 Å². The molecule has 0 aliphatic carbocycles. The number of aromatic amines is 1. The molecule has 26 heavy (non-hydrogen) atoms. The number of hydrogen-bond acceptors (Lipinski definition) is 3. The van der Waals surface area contributed by atoms with E-state index < -0.39 is 0 Å². The maximum absolute atomic E-state index is 4.46. The normalized spacial score (nSPS) is 11.6. The zero-order valence-corrected chi connectivity index (χ0v) is 15.4. The number of H-pyrrole nitrogens is 1. The molecule has 130 valence electrons. The molecule has 0 unspecified atom stereocenters. The second kappa shape index (κ2) is 7.62. The third-order valence-corrected chi connectivity index (χ3v) is 5.20. The Kier molecular flexibility index (Phi) is 4.88. The van der Waals surface area contributed by atoms with E-state index in [2.05, 4.69) is 69.2 Å². The van der Waals surface area contributed by atoms with Crippen LogP contribution in [-0.2, 0) is 6.54 Å². The van der Waals surface area contributed by atoms with Crippen molar-refractivity contribution in [2.24, 2.45) is 0 Å². The predicted octanol–water partition coefficient (Wildman–Crippen LogP) is 5.25. The van der Waals surface area contributed by atoms with Gasteiger partial charge in [-0.15, -0.1) is 10.2 Å². The lowest BCUT2D eigenvalue weighted by Crippen LogP contribution is -1.99. The fourth-order valence-corrected chi connectivity index (χ4v) is 3.82. The first kappa shape index (κ1) is 16.7. The van der Waals surface area contributed by atoms with Gasteiger partial charge in [0.1, 0.15) is 0 Å². The Morgan fingerprint density at radius 2 is 1.85 bits per heavy atom. The van der Waals surface area contributed by atoms with Crippen LogP contribution in [-0.4, -0.2) is 25.5 Å². The van der Waals surface area contributed by atoms with Crippen LogP contribution in [0.3, 0.4) is 0 Å². The summed E-state index contributed by atoms with van der Waals surface area (Å²) in [7, 11) is 0. The minimum atomic E-state index is 0.840. The Morgan fingerprint density at radius 3 is 2.69 bits per heavy atom. The number of nitrogens with one attached hydrogen (secondary N) is 1. The summed E-state index contributed by atoms with van der Waals surface area (Å²) in [6.45, 7) is 2.97. The van der Waals surface area contributed by atoms with Gasteiger partial charge in [-0.3, -0.25) is 0 Å². The molecule has 0 amide bonds. The number of rotatable bonds is 6. The molecule has 0 radical (unpaired) electrons. The van der Waals surface area contributed by atoms with Crippen molar-refractivity contribution in [2.45, 2.75) is 18.6 Å². The summed E-state index contributed by atoms with van der Waals surface area (Å²) >= 11 is 1.71. The fourth-order valence-electron chi connectivity index (χ4n) is 3.01. The highest BCUT2D eigenvalue weighted by atomic mass is 32.2. The van der Waals surface area contributed by atoms with E-state index in [1.54, 1.807) is 11.8 Å². The minimum absolute atomic E-state index is 0.840. The minimum Gasteiger partial charge on any atom is -0.360 e. The van der Waals surface area contributed by atoms with Crippen molar-refractivity contribution in [3.05, 3.63) is 72.4 Å². The highest BCUT2D eigenvalue weighted by Gasteiger charge is 2.15. The first-order valence-electron chi connectivity index (χ1n) is 8.71. The van der Waals surface area contributed by atoms with Gasteiger partial charge in [-0.25, -0.2) is 0 Å². The van der Waals surface area contributed by atoms with Crippen molar-refractivity contribution in [3.8, 4) is 11.4 Å². The number of aromatic nitrogens is 4. The molecule has 0 spiro atoms. The van der Waals surface area contributed by atoms with E-state index in [4.69, 9.17) is 0 Å². The average molecular weight is 360 g/mol. The molecule has 0 saturated heterocycles. The molecule has 4 nitrogen and oxygen atoms in total. The van der Waals surface area contributed by atoms with Crippen molar-refractivity contribution >= 4 is 28.7 Å². The van der Waals surface area contributed by atoms with Gasteiger partial charge in [-0.1, -0.05) is 72.4 Å². The summed E-state index contributed by atoms with van der Waals surface area (Å²) in [6.07, 6.45) is 6.32. The van der Waals surface area contributed by atoms with E-state index in [0.717, 1.165) is 34.4 Å². The summed E-state index contributed by atoms with van der Waals surface area (Å²) in [5.41, 5.74) is 3.43. The van der Waals surface area contributed by atoms with Crippen LogP contribution < -0.4 is 0 Å². The Labute approximate surface area is 157 Å². The second-order valence-electron chi connectivity index (χ2n) is 5.92. The van der Waals surface area contributed by atoms with Gasteiger partial charge < -0.3 is 9.55 Å². The molecule has 1 N–H and O–H groups in total. The van der Waals surface area contributed by atoms with Crippen LogP contribution in [0.1, 0.15) is 12.5 Å². The zero-order chi connectivity index (χ0) is 17.8. The van der Waals surface area contributed by atoms with Crippen LogP contribution >= 0.6 is 11.8 Å². The number of hydrogen-bond donors (Lipinski definition) is 1. The number of fused-ring (bicyclic) bond motifs is 1. The molecular weight excluding hydrogens is 340 g/mol. The smallest absolute Gasteiger partial charge is 0.191 e. The largest absolute Gasteiger partial charge is 0.360 e. The Balaban J connectivity index is 1.54. The first-order chi connectivity index (χ1) is 12.9. The Hall–Kier alpha value is -2.79. The van der Waals surface area contributed by atoms with Gasteiger partial charge in [-0.2, -0.15) is 0 Å². The molecule has 0 saturated carbocycles. The molecule has 4 aromatic rings.